The summed E-state index contributed by atoms with van der Waals surface area (Å²) in [4.78, 5) is 12.1. The monoisotopic (exact) mass is 355 g/mol. The Balaban J connectivity index is 2.25. The highest BCUT2D eigenvalue weighted by Crippen LogP contribution is 2.25. The molecule has 104 valence electrons. The fraction of sp³-hybridized carbons (Fsp3) is 0.133. The fourth-order valence-electron chi connectivity index (χ4n) is 1.86. The molecule has 0 unspecified atom stereocenters. The van der Waals surface area contributed by atoms with Gasteiger partial charge in [0.1, 0.15) is 5.82 Å². The van der Waals surface area contributed by atoms with Gasteiger partial charge in [0.25, 0.3) is 5.91 Å². The molecule has 0 saturated carbocycles. The van der Waals surface area contributed by atoms with Crippen LogP contribution in [0.25, 0.3) is 0 Å². The van der Waals surface area contributed by atoms with Crippen molar-refractivity contribution in [2.45, 2.75) is 13.8 Å². The highest BCUT2D eigenvalue weighted by Gasteiger charge is 2.10. The van der Waals surface area contributed by atoms with Crippen LogP contribution in [0.2, 0.25) is 5.02 Å². The Kier molecular flexibility index (Phi) is 4.45. The van der Waals surface area contributed by atoms with Gasteiger partial charge in [-0.05, 0) is 55.3 Å². The zero-order valence-electron chi connectivity index (χ0n) is 10.9. The smallest absolute Gasteiger partial charge is 0.255 e. The minimum absolute atomic E-state index is 0.0687. The first-order valence-electron chi connectivity index (χ1n) is 5.91. The minimum atomic E-state index is -0.543. The minimum Gasteiger partial charge on any atom is -0.322 e. The lowest BCUT2D eigenvalue weighted by atomic mass is 10.1. The van der Waals surface area contributed by atoms with Crippen molar-refractivity contribution in [2.75, 3.05) is 5.32 Å². The summed E-state index contributed by atoms with van der Waals surface area (Å²) in [5, 5.41) is 2.70. The number of hydrogen-bond donors (Lipinski definition) is 1. The molecule has 0 atom stereocenters. The average Bonchev–Trinajstić information content (AvgIpc) is 2.39. The molecule has 0 aliphatic rings. The molecule has 0 fully saturated rings. The van der Waals surface area contributed by atoms with Gasteiger partial charge in [0.15, 0.2) is 0 Å². The van der Waals surface area contributed by atoms with E-state index in [9.17, 15) is 9.18 Å². The van der Waals surface area contributed by atoms with Crippen molar-refractivity contribution in [2.24, 2.45) is 0 Å². The van der Waals surface area contributed by atoms with Gasteiger partial charge >= 0.3 is 0 Å². The van der Waals surface area contributed by atoms with E-state index in [-0.39, 0.29) is 10.9 Å². The fourth-order valence-corrected chi connectivity index (χ4v) is 2.27. The molecule has 5 heteroatoms. The normalized spacial score (nSPS) is 10.4. The van der Waals surface area contributed by atoms with Crippen molar-refractivity contribution in [3.8, 4) is 0 Å². The molecule has 0 aliphatic heterocycles. The molecule has 0 aliphatic carbocycles. The molecular formula is C15H12BrClFNO. The van der Waals surface area contributed by atoms with Crippen LogP contribution in [-0.2, 0) is 0 Å². The second kappa shape index (κ2) is 5.94. The number of carbonyl (C=O) groups is 1. The summed E-state index contributed by atoms with van der Waals surface area (Å²) < 4.78 is 14.1. The van der Waals surface area contributed by atoms with Crippen LogP contribution in [0.1, 0.15) is 21.5 Å². The zero-order chi connectivity index (χ0) is 14.9. The van der Waals surface area contributed by atoms with E-state index in [1.54, 1.807) is 0 Å². The molecule has 0 heterocycles. The number of rotatable bonds is 2. The van der Waals surface area contributed by atoms with Gasteiger partial charge in [0.05, 0.1) is 5.02 Å². The van der Waals surface area contributed by atoms with E-state index in [0.29, 0.717) is 11.3 Å². The summed E-state index contributed by atoms with van der Waals surface area (Å²) in [7, 11) is 0. The largest absolute Gasteiger partial charge is 0.322 e. The molecule has 1 N–H and O–H groups in total. The number of nitrogens with one attached hydrogen (secondary N) is 1. The third-order valence-corrected chi connectivity index (χ3v) is 4.42. The van der Waals surface area contributed by atoms with Crippen LogP contribution in [-0.4, -0.2) is 5.91 Å². The Bertz CT molecular complexity index is 665. The van der Waals surface area contributed by atoms with Crippen molar-refractivity contribution < 1.29 is 9.18 Å². The number of anilines is 1. The SMILES string of the molecule is Cc1cc(NC(=O)c2ccc(F)c(Cl)c2)cc(C)c1Br. The first-order chi connectivity index (χ1) is 9.38. The van der Waals surface area contributed by atoms with Crippen molar-refractivity contribution in [1.82, 2.24) is 0 Å². The topological polar surface area (TPSA) is 29.1 Å². The number of amides is 1. The van der Waals surface area contributed by atoms with Crippen LogP contribution in [0.4, 0.5) is 10.1 Å². The molecule has 0 spiro atoms. The lowest BCUT2D eigenvalue weighted by Crippen LogP contribution is -2.12. The third kappa shape index (κ3) is 3.19. The van der Waals surface area contributed by atoms with Crippen LogP contribution in [0, 0.1) is 19.7 Å². The molecule has 2 aromatic rings. The Hall–Kier alpha value is -1.39. The van der Waals surface area contributed by atoms with Gasteiger partial charge in [-0.1, -0.05) is 27.5 Å². The van der Waals surface area contributed by atoms with E-state index in [1.807, 2.05) is 26.0 Å². The summed E-state index contributed by atoms with van der Waals surface area (Å²) in [5.41, 5.74) is 3.05. The van der Waals surface area contributed by atoms with E-state index >= 15 is 0 Å². The van der Waals surface area contributed by atoms with E-state index in [1.165, 1.54) is 18.2 Å². The first kappa shape index (κ1) is 15.0. The molecular weight excluding hydrogens is 345 g/mol. The van der Waals surface area contributed by atoms with Crippen LogP contribution in [0.15, 0.2) is 34.8 Å². The van der Waals surface area contributed by atoms with Crippen LogP contribution in [0.5, 0.6) is 0 Å². The van der Waals surface area contributed by atoms with Gasteiger partial charge in [-0.3, -0.25) is 4.79 Å². The second-order valence-corrected chi connectivity index (χ2v) is 5.71. The molecule has 0 aromatic heterocycles. The van der Waals surface area contributed by atoms with Gasteiger partial charge in [-0.2, -0.15) is 0 Å². The maximum Gasteiger partial charge on any atom is 0.255 e. The molecule has 20 heavy (non-hydrogen) atoms. The lowest BCUT2D eigenvalue weighted by Gasteiger charge is -2.10. The van der Waals surface area contributed by atoms with Gasteiger partial charge in [-0.15, -0.1) is 0 Å². The summed E-state index contributed by atoms with van der Waals surface area (Å²) in [6, 6.07) is 7.61. The summed E-state index contributed by atoms with van der Waals surface area (Å²) >= 11 is 9.14. The Labute approximate surface area is 130 Å². The number of benzene rings is 2. The molecule has 2 rings (SSSR count). The highest BCUT2D eigenvalue weighted by atomic mass is 79.9. The van der Waals surface area contributed by atoms with Crippen molar-refractivity contribution in [3.05, 3.63) is 62.3 Å². The van der Waals surface area contributed by atoms with E-state index < -0.39 is 5.82 Å². The predicted molar refractivity (Wildman–Crippen MR) is 83.0 cm³/mol. The van der Waals surface area contributed by atoms with Crippen LogP contribution in [0.3, 0.4) is 0 Å². The maximum atomic E-state index is 13.1. The standard InChI is InChI=1S/C15H12BrClFNO/c1-8-5-11(6-9(2)14(8)16)19-15(20)10-3-4-13(18)12(17)7-10/h3-7H,1-2H3,(H,19,20). The summed E-state index contributed by atoms with van der Waals surface area (Å²) in [6.45, 7) is 3.89. The summed E-state index contributed by atoms with van der Waals surface area (Å²) in [6.07, 6.45) is 0. The maximum absolute atomic E-state index is 13.1. The number of aryl methyl sites for hydroxylation is 2. The summed E-state index contributed by atoms with van der Waals surface area (Å²) in [5.74, 6) is -0.869. The van der Waals surface area contributed by atoms with Crippen LogP contribution >= 0.6 is 27.5 Å². The Morgan fingerprint density at radius 2 is 1.80 bits per heavy atom. The third-order valence-electron chi connectivity index (χ3n) is 2.88. The van der Waals surface area contributed by atoms with E-state index in [2.05, 4.69) is 21.2 Å². The van der Waals surface area contributed by atoms with Gasteiger partial charge in [-0.25, -0.2) is 4.39 Å². The number of hydrogen-bond acceptors (Lipinski definition) is 1. The Morgan fingerprint density at radius 1 is 1.20 bits per heavy atom. The van der Waals surface area contributed by atoms with E-state index in [4.69, 9.17) is 11.6 Å². The number of carbonyl (C=O) groups excluding carboxylic acids is 1. The molecule has 0 radical (unpaired) electrons. The Morgan fingerprint density at radius 3 is 2.35 bits per heavy atom. The van der Waals surface area contributed by atoms with Crippen molar-refractivity contribution >= 4 is 39.1 Å². The first-order valence-corrected chi connectivity index (χ1v) is 7.08. The van der Waals surface area contributed by atoms with Crippen LogP contribution < -0.4 is 5.32 Å². The number of halogens is 3. The van der Waals surface area contributed by atoms with Crippen molar-refractivity contribution in [3.63, 3.8) is 0 Å². The quantitative estimate of drug-likeness (QED) is 0.796. The molecule has 1 amide bonds. The highest BCUT2D eigenvalue weighted by molar-refractivity contribution is 9.10. The van der Waals surface area contributed by atoms with Gasteiger partial charge in [0.2, 0.25) is 0 Å². The molecule has 2 aromatic carbocycles. The molecule has 0 saturated heterocycles. The average molecular weight is 357 g/mol. The van der Waals surface area contributed by atoms with E-state index in [0.717, 1.165) is 15.6 Å². The molecule has 0 bridgehead atoms. The lowest BCUT2D eigenvalue weighted by molar-refractivity contribution is 0.102. The zero-order valence-corrected chi connectivity index (χ0v) is 13.3. The predicted octanol–water partition coefficient (Wildman–Crippen LogP) is 5.11. The van der Waals surface area contributed by atoms with Crippen molar-refractivity contribution in [1.29, 1.82) is 0 Å². The van der Waals surface area contributed by atoms with Gasteiger partial charge in [0, 0.05) is 15.7 Å². The second-order valence-electron chi connectivity index (χ2n) is 4.51. The van der Waals surface area contributed by atoms with Gasteiger partial charge < -0.3 is 5.32 Å². The molecule has 2 nitrogen and oxygen atoms in total.